The quantitative estimate of drug-likeness (QED) is 0.475. The molecule has 1 aliphatic heterocycles. The van der Waals surface area contributed by atoms with Crippen molar-refractivity contribution in [2.45, 2.75) is 26.7 Å². The fourth-order valence-corrected chi connectivity index (χ4v) is 1.47. The van der Waals surface area contributed by atoms with Crippen LogP contribution in [0, 0.1) is 5.41 Å². The van der Waals surface area contributed by atoms with Crippen molar-refractivity contribution in [2.24, 2.45) is 5.41 Å². The van der Waals surface area contributed by atoms with Crippen LogP contribution >= 0.6 is 0 Å². The summed E-state index contributed by atoms with van der Waals surface area (Å²) in [6, 6.07) is 0. The van der Waals surface area contributed by atoms with Crippen LogP contribution in [0.25, 0.3) is 0 Å². The summed E-state index contributed by atoms with van der Waals surface area (Å²) < 4.78 is 10.8. The Bertz CT molecular complexity index is 227. The maximum atomic E-state index is 5.61. The molecule has 0 saturated carbocycles. The molecular weight excluding hydrogens is 188 g/mol. The fourth-order valence-electron chi connectivity index (χ4n) is 1.47. The molecule has 0 bridgehead atoms. The summed E-state index contributed by atoms with van der Waals surface area (Å²) in [6.45, 7) is 11.3. The van der Waals surface area contributed by atoms with E-state index in [2.05, 4.69) is 26.5 Å². The van der Waals surface area contributed by atoms with Crippen LogP contribution in [0.15, 0.2) is 24.3 Å². The highest BCUT2D eigenvalue weighted by molar-refractivity contribution is 4.99. The summed E-state index contributed by atoms with van der Waals surface area (Å²) in [5, 5.41) is 0. The SMILES string of the molecule is C=CCC/C(C)=C/COCC1(C)COC1. The lowest BCUT2D eigenvalue weighted by Crippen LogP contribution is -2.43. The Morgan fingerprint density at radius 3 is 2.80 bits per heavy atom. The molecule has 1 aliphatic rings. The monoisotopic (exact) mass is 210 g/mol. The lowest BCUT2D eigenvalue weighted by molar-refractivity contribution is -0.135. The van der Waals surface area contributed by atoms with Gasteiger partial charge in [0.15, 0.2) is 0 Å². The van der Waals surface area contributed by atoms with E-state index in [0.717, 1.165) is 39.3 Å². The summed E-state index contributed by atoms with van der Waals surface area (Å²) in [5.74, 6) is 0. The van der Waals surface area contributed by atoms with Crippen molar-refractivity contribution in [1.29, 1.82) is 0 Å². The molecule has 1 heterocycles. The van der Waals surface area contributed by atoms with E-state index in [1.54, 1.807) is 0 Å². The first kappa shape index (κ1) is 12.5. The van der Waals surface area contributed by atoms with Gasteiger partial charge in [-0.25, -0.2) is 0 Å². The molecule has 0 atom stereocenters. The van der Waals surface area contributed by atoms with Crippen molar-refractivity contribution < 1.29 is 9.47 Å². The van der Waals surface area contributed by atoms with Crippen molar-refractivity contribution in [3.63, 3.8) is 0 Å². The lowest BCUT2D eigenvalue weighted by atomic mass is 9.90. The summed E-state index contributed by atoms with van der Waals surface area (Å²) in [4.78, 5) is 0. The summed E-state index contributed by atoms with van der Waals surface area (Å²) in [6.07, 6.45) is 6.25. The molecule has 0 amide bonds. The van der Waals surface area contributed by atoms with Crippen molar-refractivity contribution in [2.75, 3.05) is 26.4 Å². The molecule has 0 N–H and O–H groups in total. The Hall–Kier alpha value is -0.600. The van der Waals surface area contributed by atoms with Crippen LogP contribution in [-0.2, 0) is 9.47 Å². The molecule has 15 heavy (non-hydrogen) atoms. The molecule has 0 spiro atoms. The molecule has 0 aromatic carbocycles. The fraction of sp³-hybridized carbons (Fsp3) is 0.692. The molecular formula is C13H22O2. The molecule has 0 aromatic heterocycles. The average molecular weight is 210 g/mol. The zero-order chi connectivity index (χ0) is 11.1. The maximum absolute atomic E-state index is 5.61. The van der Waals surface area contributed by atoms with Gasteiger partial charge in [0.2, 0.25) is 0 Å². The van der Waals surface area contributed by atoms with Gasteiger partial charge in [0.1, 0.15) is 0 Å². The van der Waals surface area contributed by atoms with Gasteiger partial charge in [0, 0.05) is 5.41 Å². The molecule has 1 saturated heterocycles. The molecule has 86 valence electrons. The zero-order valence-corrected chi connectivity index (χ0v) is 9.92. The highest BCUT2D eigenvalue weighted by Gasteiger charge is 2.33. The predicted molar refractivity (Wildman–Crippen MR) is 62.9 cm³/mol. The van der Waals surface area contributed by atoms with E-state index >= 15 is 0 Å². The molecule has 0 aromatic rings. The second-order valence-corrected chi connectivity index (χ2v) is 4.70. The third-order valence-electron chi connectivity index (χ3n) is 2.64. The van der Waals surface area contributed by atoms with Gasteiger partial charge in [-0.05, 0) is 19.8 Å². The Kier molecular flexibility index (Phi) is 5.06. The van der Waals surface area contributed by atoms with E-state index in [4.69, 9.17) is 9.47 Å². The van der Waals surface area contributed by atoms with Crippen LogP contribution in [0.3, 0.4) is 0 Å². The van der Waals surface area contributed by atoms with Gasteiger partial charge in [-0.15, -0.1) is 6.58 Å². The van der Waals surface area contributed by atoms with Gasteiger partial charge >= 0.3 is 0 Å². The number of hydrogen-bond acceptors (Lipinski definition) is 2. The minimum absolute atomic E-state index is 0.267. The van der Waals surface area contributed by atoms with Crippen LogP contribution in [0.5, 0.6) is 0 Å². The molecule has 0 radical (unpaired) electrons. The normalized spacial score (nSPS) is 19.7. The first-order valence-electron chi connectivity index (χ1n) is 5.58. The summed E-state index contributed by atoms with van der Waals surface area (Å²) in [5.41, 5.74) is 1.65. The van der Waals surface area contributed by atoms with Crippen molar-refractivity contribution in [3.8, 4) is 0 Å². The second kappa shape index (κ2) is 6.09. The zero-order valence-electron chi connectivity index (χ0n) is 9.92. The molecule has 0 aliphatic carbocycles. The van der Waals surface area contributed by atoms with Gasteiger partial charge in [-0.2, -0.15) is 0 Å². The van der Waals surface area contributed by atoms with Crippen LogP contribution in [0.1, 0.15) is 26.7 Å². The smallest absolute Gasteiger partial charge is 0.0650 e. The van der Waals surface area contributed by atoms with Gasteiger partial charge < -0.3 is 9.47 Å². The van der Waals surface area contributed by atoms with Crippen LogP contribution in [-0.4, -0.2) is 26.4 Å². The Labute approximate surface area is 93.0 Å². The molecule has 2 nitrogen and oxygen atoms in total. The topological polar surface area (TPSA) is 18.5 Å². The Balaban J connectivity index is 2.06. The van der Waals surface area contributed by atoms with E-state index in [0.29, 0.717) is 0 Å². The van der Waals surface area contributed by atoms with Gasteiger partial charge in [-0.3, -0.25) is 0 Å². The molecule has 1 fully saturated rings. The van der Waals surface area contributed by atoms with E-state index in [9.17, 15) is 0 Å². The maximum Gasteiger partial charge on any atom is 0.0650 e. The summed E-state index contributed by atoms with van der Waals surface area (Å²) >= 11 is 0. The van der Waals surface area contributed by atoms with Gasteiger partial charge in [0.25, 0.3) is 0 Å². The largest absolute Gasteiger partial charge is 0.380 e. The third kappa shape index (κ3) is 4.63. The third-order valence-corrected chi connectivity index (χ3v) is 2.64. The summed E-state index contributed by atoms with van der Waals surface area (Å²) in [7, 11) is 0. The minimum Gasteiger partial charge on any atom is -0.380 e. The van der Waals surface area contributed by atoms with Crippen LogP contribution in [0.4, 0.5) is 0 Å². The first-order chi connectivity index (χ1) is 7.16. The van der Waals surface area contributed by atoms with E-state index in [1.807, 2.05) is 6.08 Å². The number of rotatable bonds is 7. The standard InChI is InChI=1S/C13H22O2/c1-4-5-6-12(2)7-8-14-9-13(3)10-15-11-13/h4,7H,1,5-6,8-11H2,2-3H3/b12-7+. The predicted octanol–water partition coefficient (Wildman–Crippen LogP) is 2.95. The van der Waals surface area contributed by atoms with Crippen molar-refractivity contribution in [3.05, 3.63) is 24.3 Å². The lowest BCUT2D eigenvalue weighted by Gasteiger charge is -2.37. The second-order valence-electron chi connectivity index (χ2n) is 4.70. The highest BCUT2D eigenvalue weighted by atomic mass is 16.5. The van der Waals surface area contributed by atoms with Crippen LogP contribution in [0.2, 0.25) is 0 Å². The van der Waals surface area contributed by atoms with E-state index in [1.165, 1.54) is 5.57 Å². The van der Waals surface area contributed by atoms with Crippen LogP contribution < -0.4 is 0 Å². The Morgan fingerprint density at radius 2 is 2.27 bits per heavy atom. The number of hydrogen-bond donors (Lipinski definition) is 0. The average Bonchev–Trinajstić information content (AvgIpc) is 2.19. The van der Waals surface area contributed by atoms with Crippen molar-refractivity contribution >= 4 is 0 Å². The van der Waals surface area contributed by atoms with E-state index < -0.39 is 0 Å². The highest BCUT2D eigenvalue weighted by Crippen LogP contribution is 2.26. The number of ether oxygens (including phenoxy) is 2. The first-order valence-corrected chi connectivity index (χ1v) is 5.58. The molecule has 0 unspecified atom stereocenters. The van der Waals surface area contributed by atoms with Gasteiger partial charge in [0.05, 0.1) is 26.4 Å². The Morgan fingerprint density at radius 1 is 1.53 bits per heavy atom. The number of allylic oxidation sites excluding steroid dienone is 2. The molecule has 1 rings (SSSR count). The molecule has 2 heteroatoms. The van der Waals surface area contributed by atoms with Gasteiger partial charge in [-0.1, -0.05) is 24.6 Å². The minimum atomic E-state index is 0.267. The van der Waals surface area contributed by atoms with E-state index in [-0.39, 0.29) is 5.41 Å². The van der Waals surface area contributed by atoms with Crippen molar-refractivity contribution in [1.82, 2.24) is 0 Å².